The third-order valence-corrected chi connectivity index (χ3v) is 7.00. The highest BCUT2D eigenvalue weighted by Gasteiger charge is 2.26. The number of nitrogens with one attached hydrogen (secondary N) is 1. The van der Waals surface area contributed by atoms with E-state index in [1.807, 2.05) is 17.8 Å². The van der Waals surface area contributed by atoms with Gasteiger partial charge in [0.05, 0.1) is 12.6 Å². The van der Waals surface area contributed by atoms with Crippen LogP contribution in [0.15, 0.2) is 71.9 Å². The van der Waals surface area contributed by atoms with Crippen molar-refractivity contribution in [3.63, 3.8) is 0 Å². The molecule has 0 radical (unpaired) electrons. The molecular formula is C24H25N5OS. The van der Waals surface area contributed by atoms with Crippen LogP contribution in [0.25, 0.3) is 0 Å². The number of anilines is 1. The van der Waals surface area contributed by atoms with Crippen molar-refractivity contribution in [3.8, 4) is 0 Å². The minimum atomic E-state index is -0.117. The van der Waals surface area contributed by atoms with Crippen molar-refractivity contribution in [2.24, 2.45) is 0 Å². The number of rotatable bonds is 4. The van der Waals surface area contributed by atoms with Crippen molar-refractivity contribution in [1.82, 2.24) is 20.2 Å². The molecule has 6 nitrogen and oxygen atoms in total. The molecule has 5 rings (SSSR count). The minimum absolute atomic E-state index is 0.0610. The second kappa shape index (κ2) is 9.08. The van der Waals surface area contributed by atoms with Crippen molar-refractivity contribution < 1.29 is 4.79 Å². The number of fused-ring (bicyclic) bond motifs is 2. The predicted octanol–water partition coefficient (Wildman–Crippen LogP) is 3.11. The first-order valence-corrected chi connectivity index (χ1v) is 11.6. The van der Waals surface area contributed by atoms with Crippen LogP contribution in [0, 0.1) is 0 Å². The lowest BCUT2D eigenvalue weighted by atomic mass is 9.95. The fourth-order valence-corrected chi connectivity index (χ4v) is 5.35. The Morgan fingerprint density at radius 1 is 0.935 bits per heavy atom. The third kappa shape index (κ3) is 4.43. The van der Waals surface area contributed by atoms with E-state index < -0.39 is 0 Å². The molecule has 1 saturated heterocycles. The van der Waals surface area contributed by atoms with E-state index in [-0.39, 0.29) is 11.9 Å². The average Bonchev–Trinajstić information content (AvgIpc) is 2.98. The smallest absolute Gasteiger partial charge is 0.234 e. The Bertz CT molecular complexity index is 1010. The van der Waals surface area contributed by atoms with Gasteiger partial charge in [-0.1, -0.05) is 42.5 Å². The number of hydrogen-bond donors (Lipinski definition) is 1. The number of aromatic nitrogens is 2. The summed E-state index contributed by atoms with van der Waals surface area (Å²) in [6.45, 7) is 3.68. The van der Waals surface area contributed by atoms with Gasteiger partial charge in [-0.15, -0.1) is 11.8 Å². The van der Waals surface area contributed by atoms with Gasteiger partial charge >= 0.3 is 0 Å². The normalized spacial score (nSPS) is 18.6. The summed E-state index contributed by atoms with van der Waals surface area (Å²) < 4.78 is 0. The highest BCUT2D eigenvalue weighted by molar-refractivity contribution is 7.98. The standard InChI is InChI=1S/C24H25N5OS/c30-22(16-28-12-14-29(15-13-28)24-25-10-5-11-26-24)27-23-19-7-2-1-6-18(19)17-31-21-9-4-3-8-20(21)23/h1-11,23H,12-17H2,(H,27,30). The van der Waals surface area contributed by atoms with Gasteiger partial charge in [-0.25, -0.2) is 9.97 Å². The predicted molar refractivity (Wildman–Crippen MR) is 123 cm³/mol. The molecule has 1 unspecified atom stereocenters. The first-order valence-electron chi connectivity index (χ1n) is 10.6. The molecule has 158 valence electrons. The van der Waals surface area contributed by atoms with Gasteiger partial charge in [0.1, 0.15) is 0 Å². The minimum Gasteiger partial charge on any atom is -0.344 e. The maximum absolute atomic E-state index is 13.1. The van der Waals surface area contributed by atoms with Crippen LogP contribution in [0.4, 0.5) is 5.95 Å². The molecule has 1 N–H and O–H groups in total. The molecule has 31 heavy (non-hydrogen) atoms. The zero-order valence-corrected chi connectivity index (χ0v) is 18.1. The summed E-state index contributed by atoms with van der Waals surface area (Å²) in [5.41, 5.74) is 3.65. The highest BCUT2D eigenvalue weighted by Crippen LogP contribution is 2.39. The van der Waals surface area contributed by atoms with Crippen LogP contribution in [0.3, 0.4) is 0 Å². The molecule has 2 aliphatic heterocycles. The third-order valence-electron chi connectivity index (χ3n) is 5.86. The molecule has 0 bridgehead atoms. The Balaban J connectivity index is 1.27. The van der Waals surface area contributed by atoms with Crippen molar-refractivity contribution in [2.75, 3.05) is 37.6 Å². The van der Waals surface area contributed by atoms with Crippen LogP contribution in [0.2, 0.25) is 0 Å². The number of thioether (sulfide) groups is 1. The molecule has 0 spiro atoms. The molecule has 7 heteroatoms. The summed E-state index contributed by atoms with van der Waals surface area (Å²) in [7, 11) is 0. The zero-order valence-electron chi connectivity index (χ0n) is 17.3. The topological polar surface area (TPSA) is 61.4 Å². The summed E-state index contributed by atoms with van der Waals surface area (Å²) in [4.78, 5) is 27.3. The molecule has 3 heterocycles. The quantitative estimate of drug-likeness (QED) is 0.685. The number of amides is 1. The van der Waals surface area contributed by atoms with Gasteiger partial charge < -0.3 is 10.2 Å². The lowest BCUT2D eigenvalue weighted by Crippen LogP contribution is -2.50. The van der Waals surface area contributed by atoms with Gasteiger partial charge in [-0.3, -0.25) is 9.69 Å². The Morgan fingerprint density at radius 3 is 2.45 bits per heavy atom. The van der Waals surface area contributed by atoms with E-state index in [0.29, 0.717) is 6.54 Å². The summed E-state index contributed by atoms with van der Waals surface area (Å²) in [6.07, 6.45) is 3.53. The van der Waals surface area contributed by atoms with Gasteiger partial charge in [0.25, 0.3) is 0 Å². The maximum atomic E-state index is 13.1. The van der Waals surface area contributed by atoms with Crippen LogP contribution < -0.4 is 10.2 Å². The molecule has 2 aromatic carbocycles. The second-order valence-corrected chi connectivity index (χ2v) is 8.86. The molecule has 2 aliphatic rings. The summed E-state index contributed by atoms with van der Waals surface area (Å²) >= 11 is 1.84. The molecule has 1 amide bonds. The summed E-state index contributed by atoms with van der Waals surface area (Å²) in [5.74, 6) is 1.74. The van der Waals surface area contributed by atoms with Crippen molar-refractivity contribution in [1.29, 1.82) is 0 Å². The number of hydrogen-bond acceptors (Lipinski definition) is 6. The van der Waals surface area contributed by atoms with Gasteiger partial charge in [-0.2, -0.15) is 0 Å². The van der Waals surface area contributed by atoms with E-state index in [9.17, 15) is 4.79 Å². The first-order chi connectivity index (χ1) is 15.3. The average molecular weight is 432 g/mol. The van der Waals surface area contributed by atoms with E-state index >= 15 is 0 Å². The zero-order chi connectivity index (χ0) is 21.0. The van der Waals surface area contributed by atoms with Gasteiger partial charge in [-0.05, 0) is 28.8 Å². The lowest BCUT2D eigenvalue weighted by molar-refractivity contribution is -0.122. The van der Waals surface area contributed by atoms with Crippen LogP contribution in [0.5, 0.6) is 0 Å². The van der Waals surface area contributed by atoms with Crippen LogP contribution in [-0.4, -0.2) is 53.5 Å². The van der Waals surface area contributed by atoms with Gasteiger partial charge in [0.2, 0.25) is 11.9 Å². The second-order valence-electron chi connectivity index (χ2n) is 7.84. The van der Waals surface area contributed by atoms with Crippen molar-refractivity contribution in [3.05, 3.63) is 83.7 Å². The SMILES string of the molecule is O=C(CN1CCN(c2ncccn2)CC1)NC1c2ccccc2CSc2ccccc21. The van der Waals surface area contributed by atoms with E-state index in [0.717, 1.165) is 37.9 Å². The highest BCUT2D eigenvalue weighted by atomic mass is 32.2. The number of nitrogens with zero attached hydrogens (tertiary/aromatic N) is 4. The molecule has 0 saturated carbocycles. The largest absolute Gasteiger partial charge is 0.344 e. The summed E-state index contributed by atoms with van der Waals surface area (Å²) in [6, 6.07) is 18.5. The number of piperazine rings is 1. The van der Waals surface area contributed by atoms with E-state index in [1.54, 1.807) is 12.4 Å². The fourth-order valence-electron chi connectivity index (χ4n) is 4.25. The van der Waals surface area contributed by atoms with Crippen LogP contribution in [0.1, 0.15) is 22.7 Å². The first kappa shape index (κ1) is 20.0. The molecule has 1 fully saturated rings. The number of carbonyl (C=O) groups excluding carboxylic acids is 1. The number of benzene rings is 2. The van der Waals surface area contributed by atoms with E-state index in [1.165, 1.54) is 21.6 Å². The van der Waals surface area contributed by atoms with E-state index in [4.69, 9.17) is 0 Å². The monoisotopic (exact) mass is 431 g/mol. The molecule has 1 aromatic heterocycles. The lowest BCUT2D eigenvalue weighted by Gasteiger charge is -2.34. The Kier molecular flexibility index (Phi) is 5.86. The molecule has 0 aliphatic carbocycles. The van der Waals surface area contributed by atoms with E-state index in [2.05, 4.69) is 73.6 Å². The van der Waals surface area contributed by atoms with Gasteiger partial charge in [0, 0.05) is 49.2 Å². The molecule has 1 atom stereocenters. The fraction of sp³-hybridized carbons (Fsp3) is 0.292. The van der Waals surface area contributed by atoms with Crippen LogP contribution >= 0.6 is 11.8 Å². The van der Waals surface area contributed by atoms with Gasteiger partial charge in [0.15, 0.2) is 0 Å². The Hall–Kier alpha value is -2.90. The molecule has 3 aromatic rings. The Morgan fingerprint density at radius 2 is 1.65 bits per heavy atom. The maximum Gasteiger partial charge on any atom is 0.234 e. The van der Waals surface area contributed by atoms with Crippen LogP contribution in [-0.2, 0) is 10.5 Å². The number of carbonyl (C=O) groups is 1. The Labute approximate surface area is 186 Å². The molecular weight excluding hydrogens is 406 g/mol. The summed E-state index contributed by atoms with van der Waals surface area (Å²) in [5, 5.41) is 3.33. The van der Waals surface area contributed by atoms with Crippen molar-refractivity contribution >= 4 is 23.6 Å². The van der Waals surface area contributed by atoms with Crippen molar-refractivity contribution in [2.45, 2.75) is 16.7 Å².